The Morgan fingerprint density at radius 2 is 2.07 bits per heavy atom. The lowest BCUT2D eigenvalue weighted by molar-refractivity contribution is 0.913. The van der Waals surface area contributed by atoms with Gasteiger partial charge >= 0.3 is 0 Å². The molecule has 0 N–H and O–H groups in total. The maximum atomic E-state index is 4.21. The van der Waals surface area contributed by atoms with Crippen LogP contribution in [0.4, 0.5) is 0 Å². The second kappa shape index (κ2) is 5.96. The smallest absolute Gasteiger partial charge is 0.0951 e. The van der Waals surface area contributed by atoms with E-state index in [1.807, 2.05) is 36.1 Å². The summed E-state index contributed by atoms with van der Waals surface area (Å²) >= 11 is 0. The van der Waals surface area contributed by atoms with Gasteiger partial charge in [-0.15, -0.1) is 0 Å². The Balaban J connectivity index is 0.000000337. The van der Waals surface area contributed by atoms with Crippen LogP contribution in [-0.4, -0.2) is 14.5 Å². The molecular weight excluding hydrogens is 186 g/mol. The Morgan fingerprint density at radius 1 is 1.33 bits per heavy atom. The van der Waals surface area contributed by atoms with Crippen LogP contribution < -0.4 is 0 Å². The normalized spacial score (nSPS) is 9.27. The van der Waals surface area contributed by atoms with Crippen molar-refractivity contribution in [3.63, 3.8) is 0 Å². The molecule has 0 radical (unpaired) electrons. The molecule has 0 saturated carbocycles. The molecule has 0 atom stereocenters. The number of rotatable bonds is 1. The third kappa shape index (κ3) is 3.54. The zero-order valence-corrected chi connectivity index (χ0v) is 9.51. The van der Waals surface area contributed by atoms with Crippen LogP contribution >= 0.6 is 0 Å². The molecule has 2 aromatic rings. The number of pyridine rings is 1. The van der Waals surface area contributed by atoms with E-state index < -0.39 is 0 Å². The van der Waals surface area contributed by atoms with Gasteiger partial charge in [-0.3, -0.25) is 4.98 Å². The molecule has 0 aliphatic rings. The van der Waals surface area contributed by atoms with E-state index in [1.165, 1.54) is 6.42 Å². The van der Waals surface area contributed by atoms with Crippen LogP contribution in [0.5, 0.6) is 0 Å². The molecule has 0 aliphatic carbocycles. The summed E-state index contributed by atoms with van der Waals surface area (Å²) in [5.74, 6) is 0. The lowest BCUT2D eigenvalue weighted by Crippen LogP contribution is -1.79. The predicted octanol–water partition coefficient (Wildman–Crippen LogP) is 2.90. The van der Waals surface area contributed by atoms with Crippen molar-refractivity contribution in [3.8, 4) is 11.3 Å². The molecular formula is C12H17N3. The van der Waals surface area contributed by atoms with Gasteiger partial charge in [-0.25, -0.2) is 4.98 Å². The number of aromatic nitrogens is 3. The highest BCUT2D eigenvalue weighted by atomic mass is 15.0. The van der Waals surface area contributed by atoms with Crippen molar-refractivity contribution in [2.75, 3.05) is 0 Å². The maximum absolute atomic E-state index is 4.21. The van der Waals surface area contributed by atoms with Gasteiger partial charge in [0.1, 0.15) is 0 Å². The fraction of sp³-hybridized carbons (Fsp3) is 0.333. The first-order chi connectivity index (χ1) is 7.27. The quantitative estimate of drug-likeness (QED) is 0.713. The summed E-state index contributed by atoms with van der Waals surface area (Å²) in [6.07, 6.45) is 8.56. The molecule has 0 saturated heterocycles. The zero-order chi connectivity index (χ0) is 11.1. The molecule has 0 bridgehead atoms. The van der Waals surface area contributed by atoms with Crippen molar-refractivity contribution < 1.29 is 0 Å². The minimum Gasteiger partial charge on any atom is -0.340 e. The van der Waals surface area contributed by atoms with E-state index >= 15 is 0 Å². The molecule has 15 heavy (non-hydrogen) atoms. The van der Waals surface area contributed by atoms with Crippen LogP contribution in [0.3, 0.4) is 0 Å². The summed E-state index contributed by atoms with van der Waals surface area (Å²) in [6, 6.07) is 3.90. The van der Waals surface area contributed by atoms with E-state index in [0.29, 0.717) is 0 Å². The Hall–Kier alpha value is -1.64. The lowest BCUT2D eigenvalue weighted by Gasteiger charge is -1.92. The van der Waals surface area contributed by atoms with Crippen LogP contribution in [0.15, 0.2) is 37.1 Å². The molecule has 0 fully saturated rings. The predicted molar refractivity (Wildman–Crippen MR) is 62.4 cm³/mol. The van der Waals surface area contributed by atoms with Gasteiger partial charge in [-0.05, 0) is 12.1 Å². The van der Waals surface area contributed by atoms with Crippen LogP contribution in [0, 0.1) is 0 Å². The summed E-state index contributed by atoms with van der Waals surface area (Å²) in [5, 5.41) is 0. The van der Waals surface area contributed by atoms with Gasteiger partial charge in [-0.1, -0.05) is 20.3 Å². The van der Waals surface area contributed by atoms with Crippen LogP contribution in [0.1, 0.15) is 20.3 Å². The van der Waals surface area contributed by atoms with Gasteiger partial charge in [0.15, 0.2) is 0 Å². The summed E-state index contributed by atoms with van der Waals surface area (Å²) in [7, 11) is 1.95. The second-order valence-corrected chi connectivity index (χ2v) is 3.37. The first kappa shape index (κ1) is 11.4. The third-order valence-corrected chi connectivity index (χ3v) is 1.66. The van der Waals surface area contributed by atoms with E-state index in [1.54, 1.807) is 12.5 Å². The van der Waals surface area contributed by atoms with Crippen LogP contribution in [0.25, 0.3) is 11.3 Å². The molecule has 2 rings (SSSR count). The Kier molecular flexibility index (Phi) is 4.54. The van der Waals surface area contributed by atoms with Crippen LogP contribution in [-0.2, 0) is 7.05 Å². The zero-order valence-electron chi connectivity index (χ0n) is 9.51. The van der Waals surface area contributed by atoms with Crippen molar-refractivity contribution >= 4 is 0 Å². The highest BCUT2D eigenvalue weighted by Gasteiger charge is 1.98. The molecule has 0 aromatic carbocycles. The highest BCUT2D eigenvalue weighted by Crippen LogP contribution is 2.13. The van der Waals surface area contributed by atoms with Gasteiger partial charge < -0.3 is 4.57 Å². The lowest BCUT2D eigenvalue weighted by atomic mass is 10.2. The molecule has 2 aromatic heterocycles. The van der Waals surface area contributed by atoms with Gasteiger partial charge in [0.05, 0.1) is 12.0 Å². The SMILES string of the molecule is CCC.Cn1cnc(-c2cccnc2)c1. The Bertz CT molecular complexity index is 379. The van der Waals surface area contributed by atoms with E-state index in [2.05, 4.69) is 23.8 Å². The summed E-state index contributed by atoms with van der Waals surface area (Å²) in [6.45, 7) is 4.25. The molecule has 80 valence electrons. The number of nitrogens with zero attached hydrogens (tertiary/aromatic N) is 3. The van der Waals surface area contributed by atoms with Crippen molar-refractivity contribution in [3.05, 3.63) is 37.1 Å². The van der Waals surface area contributed by atoms with E-state index in [-0.39, 0.29) is 0 Å². The van der Waals surface area contributed by atoms with Crippen molar-refractivity contribution in [2.45, 2.75) is 20.3 Å². The summed E-state index contributed by atoms with van der Waals surface area (Å²) in [4.78, 5) is 8.23. The summed E-state index contributed by atoms with van der Waals surface area (Å²) < 4.78 is 1.92. The third-order valence-electron chi connectivity index (χ3n) is 1.66. The van der Waals surface area contributed by atoms with Gasteiger partial charge in [0.2, 0.25) is 0 Å². The minimum atomic E-state index is 0.964. The molecule has 0 unspecified atom stereocenters. The number of hydrogen-bond donors (Lipinski definition) is 0. The van der Waals surface area contributed by atoms with Gasteiger partial charge in [0, 0.05) is 31.2 Å². The minimum absolute atomic E-state index is 0.964. The first-order valence-electron chi connectivity index (χ1n) is 5.16. The average molecular weight is 203 g/mol. The highest BCUT2D eigenvalue weighted by molar-refractivity contribution is 5.56. The molecule has 3 nitrogen and oxygen atoms in total. The topological polar surface area (TPSA) is 30.7 Å². The Labute approximate surface area is 90.8 Å². The number of hydrogen-bond acceptors (Lipinski definition) is 2. The van der Waals surface area contributed by atoms with E-state index in [4.69, 9.17) is 0 Å². The van der Waals surface area contributed by atoms with E-state index in [9.17, 15) is 0 Å². The van der Waals surface area contributed by atoms with Crippen LogP contribution in [0.2, 0.25) is 0 Å². The molecule has 0 aliphatic heterocycles. The largest absolute Gasteiger partial charge is 0.340 e. The monoisotopic (exact) mass is 203 g/mol. The molecule has 0 spiro atoms. The fourth-order valence-corrected chi connectivity index (χ4v) is 1.08. The van der Waals surface area contributed by atoms with Crippen molar-refractivity contribution in [1.82, 2.24) is 14.5 Å². The first-order valence-corrected chi connectivity index (χ1v) is 5.16. The van der Waals surface area contributed by atoms with Gasteiger partial charge in [-0.2, -0.15) is 0 Å². The molecule has 2 heterocycles. The fourth-order valence-electron chi connectivity index (χ4n) is 1.08. The van der Waals surface area contributed by atoms with Crippen molar-refractivity contribution in [1.29, 1.82) is 0 Å². The number of aryl methyl sites for hydroxylation is 1. The van der Waals surface area contributed by atoms with Gasteiger partial charge in [0.25, 0.3) is 0 Å². The Morgan fingerprint density at radius 3 is 2.53 bits per heavy atom. The average Bonchev–Trinajstić information content (AvgIpc) is 2.67. The molecule has 0 amide bonds. The maximum Gasteiger partial charge on any atom is 0.0951 e. The summed E-state index contributed by atoms with van der Waals surface area (Å²) in [5.41, 5.74) is 2.02. The molecule has 3 heteroatoms. The second-order valence-electron chi connectivity index (χ2n) is 3.37. The van der Waals surface area contributed by atoms with E-state index in [0.717, 1.165) is 11.3 Å². The standard InChI is InChI=1S/C9H9N3.C3H8/c1-12-6-9(11-7-12)8-3-2-4-10-5-8;1-3-2/h2-7H,1H3;3H2,1-2H3. The van der Waals surface area contributed by atoms with Crippen molar-refractivity contribution in [2.24, 2.45) is 7.05 Å². The number of imidazole rings is 1.